The van der Waals surface area contributed by atoms with Gasteiger partial charge in [-0.2, -0.15) is 5.10 Å². The molecule has 0 radical (unpaired) electrons. The van der Waals surface area contributed by atoms with Crippen molar-refractivity contribution < 1.29 is 9.18 Å². The highest BCUT2D eigenvalue weighted by molar-refractivity contribution is 5.76. The number of amides is 1. The Morgan fingerprint density at radius 3 is 2.69 bits per heavy atom. The summed E-state index contributed by atoms with van der Waals surface area (Å²) in [5.74, 6) is 0.331. The lowest BCUT2D eigenvalue weighted by Gasteiger charge is -2.34. The van der Waals surface area contributed by atoms with Gasteiger partial charge in [0.2, 0.25) is 5.91 Å². The number of aromatic nitrogens is 2. The molecule has 26 heavy (non-hydrogen) atoms. The molecule has 0 bridgehead atoms. The molecule has 0 unspecified atom stereocenters. The smallest absolute Gasteiger partial charge is 0.244 e. The molecule has 2 aromatic rings. The Labute approximate surface area is 154 Å². The van der Waals surface area contributed by atoms with Crippen molar-refractivity contribution in [2.45, 2.75) is 39.4 Å². The van der Waals surface area contributed by atoms with E-state index in [2.05, 4.69) is 23.8 Å². The molecule has 0 N–H and O–H groups in total. The lowest BCUT2D eigenvalue weighted by Crippen LogP contribution is -2.46. The van der Waals surface area contributed by atoms with E-state index in [1.807, 2.05) is 29.3 Å². The lowest BCUT2D eigenvalue weighted by molar-refractivity contribution is -0.132. The van der Waals surface area contributed by atoms with Crippen molar-refractivity contribution in [2.24, 2.45) is 5.92 Å². The molecule has 0 saturated carbocycles. The summed E-state index contributed by atoms with van der Waals surface area (Å²) in [5, 5.41) is 4.13. The maximum absolute atomic E-state index is 13.2. The van der Waals surface area contributed by atoms with Crippen molar-refractivity contribution in [1.82, 2.24) is 19.6 Å². The Hall–Kier alpha value is -2.21. The highest BCUT2D eigenvalue weighted by Crippen LogP contribution is 2.20. The van der Waals surface area contributed by atoms with Crippen LogP contribution in [0.5, 0.6) is 0 Å². The van der Waals surface area contributed by atoms with E-state index >= 15 is 0 Å². The number of rotatable bonds is 5. The fraction of sp³-hybridized carbons (Fsp3) is 0.500. The first kappa shape index (κ1) is 18.6. The van der Waals surface area contributed by atoms with Gasteiger partial charge in [0.1, 0.15) is 12.4 Å². The fourth-order valence-electron chi connectivity index (χ4n) is 3.58. The highest BCUT2D eigenvalue weighted by atomic mass is 19.1. The predicted molar refractivity (Wildman–Crippen MR) is 98.9 cm³/mol. The van der Waals surface area contributed by atoms with Crippen LogP contribution in [0.2, 0.25) is 0 Å². The summed E-state index contributed by atoms with van der Waals surface area (Å²) in [4.78, 5) is 17.1. The number of hydrogen-bond acceptors (Lipinski definition) is 3. The van der Waals surface area contributed by atoms with Crippen LogP contribution in [0.1, 0.15) is 25.8 Å². The van der Waals surface area contributed by atoms with Crippen LogP contribution in [0.15, 0.2) is 42.7 Å². The van der Waals surface area contributed by atoms with E-state index in [1.54, 1.807) is 10.9 Å². The van der Waals surface area contributed by atoms with Crippen LogP contribution in [0.4, 0.5) is 4.39 Å². The zero-order valence-corrected chi connectivity index (χ0v) is 15.5. The van der Waals surface area contributed by atoms with Gasteiger partial charge in [-0.1, -0.05) is 26.0 Å². The van der Waals surface area contributed by atoms with Crippen LogP contribution >= 0.6 is 0 Å². The van der Waals surface area contributed by atoms with Gasteiger partial charge in [-0.3, -0.25) is 14.4 Å². The molecule has 6 heteroatoms. The summed E-state index contributed by atoms with van der Waals surface area (Å²) in [6.07, 6.45) is 4.45. The largest absolute Gasteiger partial charge is 0.339 e. The van der Waals surface area contributed by atoms with Crippen LogP contribution in [0, 0.1) is 11.7 Å². The highest BCUT2D eigenvalue weighted by Gasteiger charge is 2.29. The Morgan fingerprint density at radius 2 is 2.04 bits per heavy atom. The monoisotopic (exact) mass is 358 g/mol. The second-order valence-corrected chi connectivity index (χ2v) is 7.31. The van der Waals surface area contributed by atoms with Crippen molar-refractivity contribution in [3.8, 4) is 0 Å². The molecule has 1 aromatic heterocycles. The molecule has 5 nitrogen and oxygen atoms in total. The maximum atomic E-state index is 13.2. The molecule has 140 valence electrons. The summed E-state index contributed by atoms with van der Waals surface area (Å²) >= 11 is 0. The quantitative estimate of drug-likeness (QED) is 0.825. The first-order chi connectivity index (χ1) is 12.5. The number of hydrogen-bond donors (Lipinski definition) is 0. The first-order valence-electron chi connectivity index (χ1n) is 9.26. The van der Waals surface area contributed by atoms with Gasteiger partial charge in [0, 0.05) is 44.6 Å². The van der Waals surface area contributed by atoms with E-state index in [4.69, 9.17) is 0 Å². The SMILES string of the molecule is CC(C)[C@H]1CN(C(=O)Cn2cccn2)CCCN1Cc1ccc(F)cc1. The minimum atomic E-state index is -0.208. The number of carbonyl (C=O) groups is 1. The molecular weight excluding hydrogens is 331 g/mol. The van der Waals surface area contributed by atoms with Crippen LogP contribution in [-0.4, -0.2) is 51.2 Å². The zero-order valence-electron chi connectivity index (χ0n) is 15.5. The Balaban J connectivity index is 1.68. The van der Waals surface area contributed by atoms with Gasteiger partial charge in [-0.05, 0) is 36.1 Å². The second kappa shape index (κ2) is 8.45. The third-order valence-corrected chi connectivity index (χ3v) is 5.03. The third-order valence-electron chi connectivity index (χ3n) is 5.03. The Kier molecular flexibility index (Phi) is 6.04. The molecule has 1 aromatic carbocycles. The van der Waals surface area contributed by atoms with Crippen LogP contribution in [0.25, 0.3) is 0 Å². The summed E-state index contributed by atoms with van der Waals surface area (Å²) in [6.45, 7) is 7.89. The van der Waals surface area contributed by atoms with Crippen LogP contribution in [0.3, 0.4) is 0 Å². The molecule has 3 rings (SSSR count). The molecule has 1 aliphatic heterocycles. The molecule has 0 aliphatic carbocycles. The molecule has 2 heterocycles. The number of benzene rings is 1. The zero-order chi connectivity index (χ0) is 18.5. The second-order valence-electron chi connectivity index (χ2n) is 7.31. The van der Waals surface area contributed by atoms with Gasteiger partial charge in [0.15, 0.2) is 0 Å². The van der Waals surface area contributed by atoms with Crippen molar-refractivity contribution in [1.29, 1.82) is 0 Å². The minimum Gasteiger partial charge on any atom is -0.339 e. The first-order valence-corrected chi connectivity index (χ1v) is 9.26. The molecule has 1 saturated heterocycles. The van der Waals surface area contributed by atoms with Crippen molar-refractivity contribution >= 4 is 5.91 Å². The molecule has 0 spiro atoms. The van der Waals surface area contributed by atoms with E-state index in [1.165, 1.54) is 12.1 Å². The summed E-state index contributed by atoms with van der Waals surface area (Å²) < 4.78 is 14.8. The average molecular weight is 358 g/mol. The van der Waals surface area contributed by atoms with E-state index in [0.29, 0.717) is 5.92 Å². The van der Waals surface area contributed by atoms with E-state index in [-0.39, 0.29) is 24.3 Å². The minimum absolute atomic E-state index is 0.114. The average Bonchev–Trinajstić information content (AvgIpc) is 3.02. The number of halogens is 1. The third kappa shape index (κ3) is 4.69. The van der Waals surface area contributed by atoms with Crippen molar-refractivity contribution in [3.05, 3.63) is 54.1 Å². The van der Waals surface area contributed by atoms with Gasteiger partial charge < -0.3 is 4.90 Å². The van der Waals surface area contributed by atoms with E-state index in [9.17, 15) is 9.18 Å². The van der Waals surface area contributed by atoms with E-state index in [0.717, 1.165) is 38.2 Å². The van der Waals surface area contributed by atoms with Gasteiger partial charge in [0.05, 0.1) is 0 Å². The Morgan fingerprint density at radius 1 is 1.27 bits per heavy atom. The van der Waals surface area contributed by atoms with E-state index < -0.39 is 0 Å². The number of nitrogens with zero attached hydrogens (tertiary/aromatic N) is 4. The molecule has 1 aliphatic rings. The number of carbonyl (C=O) groups excluding carboxylic acids is 1. The molecule has 1 atom stereocenters. The Bertz CT molecular complexity index is 699. The van der Waals surface area contributed by atoms with Crippen LogP contribution in [-0.2, 0) is 17.9 Å². The van der Waals surface area contributed by atoms with Gasteiger partial charge in [-0.25, -0.2) is 4.39 Å². The predicted octanol–water partition coefficient (Wildman–Crippen LogP) is 2.78. The normalized spacial score (nSPS) is 18.9. The fourth-order valence-corrected chi connectivity index (χ4v) is 3.58. The van der Waals surface area contributed by atoms with Crippen molar-refractivity contribution in [2.75, 3.05) is 19.6 Å². The lowest BCUT2D eigenvalue weighted by atomic mass is 10.0. The summed E-state index contributed by atoms with van der Waals surface area (Å²) in [6, 6.07) is 8.83. The molecule has 1 amide bonds. The van der Waals surface area contributed by atoms with Gasteiger partial charge >= 0.3 is 0 Å². The van der Waals surface area contributed by atoms with Gasteiger partial charge in [0.25, 0.3) is 0 Å². The standard InChI is InChI=1S/C20H27FN4O/c1-16(2)19-14-24(20(26)15-25-12-3-9-22-25)11-4-10-23(19)13-17-5-7-18(21)8-6-17/h3,5-9,12,16,19H,4,10-11,13-15H2,1-2H3/t19-/m1/s1. The summed E-state index contributed by atoms with van der Waals surface area (Å²) in [7, 11) is 0. The molecule has 1 fully saturated rings. The van der Waals surface area contributed by atoms with Crippen molar-refractivity contribution in [3.63, 3.8) is 0 Å². The summed E-state index contributed by atoms with van der Waals surface area (Å²) in [5.41, 5.74) is 1.10. The van der Waals surface area contributed by atoms with Crippen LogP contribution < -0.4 is 0 Å². The molecular formula is C20H27FN4O. The topological polar surface area (TPSA) is 41.4 Å². The van der Waals surface area contributed by atoms with Gasteiger partial charge in [-0.15, -0.1) is 0 Å². The maximum Gasteiger partial charge on any atom is 0.244 e.